The van der Waals surface area contributed by atoms with Crippen LogP contribution < -0.4 is 0 Å². The van der Waals surface area contributed by atoms with Gasteiger partial charge >= 0.3 is 0 Å². The topological polar surface area (TPSA) is 18.5 Å². The molecule has 0 spiro atoms. The third-order valence-corrected chi connectivity index (χ3v) is 2.25. The van der Waals surface area contributed by atoms with Gasteiger partial charge in [-0.05, 0) is 20.3 Å². The van der Waals surface area contributed by atoms with E-state index in [1.807, 2.05) is 0 Å². The summed E-state index contributed by atoms with van der Waals surface area (Å²) in [6, 6.07) is 0. The van der Waals surface area contributed by atoms with Crippen LogP contribution in [0.25, 0.3) is 0 Å². The standard InChI is InChI=1S/C9H14O2/c1-7-3-8-5-10-6-9(2,4-7)11-8/h3,8H,4-6H2,1-2H3. The molecule has 2 atom stereocenters. The molecule has 0 radical (unpaired) electrons. The lowest BCUT2D eigenvalue weighted by molar-refractivity contribution is -0.180. The van der Waals surface area contributed by atoms with E-state index in [1.165, 1.54) is 5.57 Å². The normalized spacial score (nSPS) is 43.5. The fourth-order valence-corrected chi connectivity index (χ4v) is 1.97. The summed E-state index contributed by atoms with van der Waals surface area (Å²) in [6.45, 7) is 5.76. The van der Waals surface area contributed by atoms with E-state index < -0.39 is 0 Å². The monoisotopic (exact) mass is 154 g/mol. The summed E-state index contributed by atoms with van der Waals surface area (Å²) in [7, 11) is 0. The molecule has 1 saturated heterocycles. The van der Waals surface area contributed by atoms with Crippen LogP contribution in [0.1, 0.15) is 20.3 Å². The molecule has 0 aromatic rings. The first kappa shape index (κ1) is 7.32. The number of hydrogen-bond acceptors (Lipinski definition) is 2. The van der Waals surface area contributed by atoms with E-state index in [9.17, 15) is 0 Å². The molecule has 2 nitrogen and oxygen atoms in total. The molecule has 2 heterocycles. The molecule has 62 valence electrons. The Morgan fingerprint density at radius 3 is 3.18 bits per heavy atom. The number of fused-ring (bicyclic) bond motifs is 2. The van der Waals surface area contributed by atoms with Crippen molar-refractivity contribution in [1.82, 2.24) is 0 Å². The second-order valence-corrected chi connectivity index (χ2v) is 3.81. The van der Waals surface area contributed by atoms with E-state index in [2.05, 4.69) is 19.9 Å². The lowest BCUT2D eigenvalue weighted by Gasteiger charge is -2.41. The summed E-state index contributed by atoms with van der Waals surface area (Å²) >= 11 is 0. The molecule has 2 aliphatic rings. The fourth-order valence-electron chi connectivity index (χ4n) is 1.97. The van der Waals surface area contributed by atoms with E-state index in [4.69, 9.17) is 9.47 Å². The summed E-state index contributed by atoms with van der Waals surface area (Å²) in [5.74, 6) is 0. The zero-order valence-corrected chi connectivity index (χ0v) is 7.09. The quantitative estimate of drug-likeness (QED) is 0.492. The fraction of sp³-hybridized carbons (Fsp3) is 0.778. The highest BCUT2D eigenvalue weighted by atomic mass is 16.6. The Kier molecular flexibility index (Phi) is 1.55. The van der Waals surface area contributed by atoms with E-state index in [-0.39, 0.29) is 11.7 Å². The van der Waals surface area contributed by atoms with Gasteiger partial charge in [-0.25, -0.2) is 0 Å². The minimum atomic E-state index is -0.0399. The number of ether oxygens (including phenoxy) is 2. The molecule has 0 aromatic carbocycles. The van der Waals surface area contributed by atoms with Crippen molar-refractivity contribution in [2.45, 2.75) is 32.0 Å². The van der Waals surface area contributed by atoms with Crippen LogP contribution in [0, 0.1) is 0 Å². The van der Waals surface area contributed by atoms with Crippen LogP contribution in [0.15, 0.2) is 11.6 Å². The van der Waals surface area contributed by atoms with Crippen molar-refractivity contribution in [1.29, 1.82) is 0 Å². The van der Waals surface area contributed by atoms with Crippen molar-refractivity contribution in [3.05, 3.63) is 11.6 Å². The van der Waals surface area contributed by atoms with Gasteiger partial charge in [0.15, 0.2) is 0 Å². The van der Waals surface area contributed by atoms with Gasteiger partial charge in [0.25, 0.3) is 0 Å². The van der Waals surface area contributed by atoms with Crippen molar-refractivity contribution in [2.75, 3.05) is 13.2 Å². The van der Waals surface area contributed by atoms with Gasteiger partial charge < -0.3 is 9.47 Å². The maximum atomic E-state index is 5.78. The Hall–Kier alpha value is -0.340. The lowest BCUT2D eigenvalue weighted by Crippen LogP contribution is -2.47. The second kappa shape index (κ2) is 2.32. The first-order valence-corrected chi connectivity index (χ1v) is 4.11. The van der Waals surface area contributed by atoms with Crippen molar-refractivity contribution >= 4 is 0 Å². The molecule has 2 rings (SSSR count). The van der Waals surface area contributed by atoms with Crippen LogP contribution in [0.2, 0.25) is 0 Å². The van der Waals surface area contributed by atoms with Gasteiger partial charge in [0.05, 0.1) is 18.8 Å². The summed E-state index contributed by atoms with van der Waals surface area (Å²) in [6.07, 6.45) is 3.40. The lowest BCUT2D eigenvalue weighted by atomic mass is 9.92. The summed E-state index contributed by atoms with van der Waals surface area (Å²) in [5.41, 5.74) is 1.40. The zero-order valence-electron chi connectivity index (χ0n) is 7.09. The average Bonchev–Trinajstić information content (AvgIpc) is 1.82. The van der Waals surface area contributed by atoms with Crippen molar-refractivity contribution < 1.29 is 9.47 Å². The average molecular weight is 154 g/mol. The van der Waals surface area contributed by atoms with E-state index in [1.54, 1.807) is 0 Å². The van der Waals surface area contributed by atoms with Gasteiger partial charge in [-0.15, -0.1) is 0 Å². The third-order valence-electron chi connectivity index (χ3n) is 2.25. The predicted octanol–water partition coefficient (Wildman–Crippen LogP) is 1.51. The summed E-state index contributed by atoms with van der Waals surface area (Å²) < 4.78 is 11.2. The van der Waals surface area contributed by atoms with Gasteiger partial charge in [0, 0.05) is 0 Å². The highest BCUT2D eigenvalue weighted by Gasteiger charge is 2.36. The largest absolute Gasteiger partial charge is 0.375 e. The van der Waals surface area contributed by atoms with Gasteiger partial charge in [0.2, 0.25) is 0 Å². The van der Waals surface area contributed by atoms with Crippen molar-refractivity contribution in [3.8, 4) is 0 Å². The Morgan fingerprint density at radius 2 is 2.45 bits per heavy atom. The Labute approximate surface area is 67.2 Å². The van der Waals surface area contributed by atoms with E-state index >= 15 is 0 Å². The predicted molar refractivity (Wildman–Crippen MR) is 42.5 cm³/mol. The molecule has 0 amide bonds. The molecule has 0 aromatic heterocycles. The number of hydrogen-bond donors (Lipinski definition) is 0. The van der Waals surface area contributed by atoms with Gasteiger partial charge in [-0.3, -0.25) is 0 Å². The first-order chi connectivity index (χ1) is 5.18. The molecule has 11 heavy (non-hydrogen) atoms. The van der Waals surface area contributed by atoms with Crippen LogP contribution >= 0.6 is 0 Å². The SMILES string of the molecule is CC1=CC2COCC(C)(C1)O2. The summed E-state index contributed by atoms with van der Waals surface area (Å²) in [5, 5.41) is 0. The van der Waals surface area contributed by atoms with E-state index in [0.717, 1.165) is 19.6 Å². The van der Waals surface area contributed by atoms with Crippen LogP contribution in [0.3, 0.4) is 0 Å². The van der Waals surface area contributed by atoms with E-state index in [0.29, 0.717) is 0 Å². The molecule has 0 aliphatic carbocycles. The van der Waals surface area contributed by atoms with Gasteiger partial charge in [0.1, 0.15) is 6.10 Å². The Balaban J connectivity index is 2.23. The molecule has 2 aliphatic heterocycles. The van der Waals surface area contributed by atoms with Gasteiger partial charge in [-0.1, -0.05) is 11.6 Å². The Bertz CT molecular complexity index is 198. The second-order valence-electron chi connectivity index (χ2n) is 3.81. The maximum Gasteiger partial charge on any atom is 0.100 e. The van der Waals surface area contributed by atoms with Crippen LogP contribution in [0.5, 0.6) is 0 Å². The zero-order chi connectivity index (χ0) is 7.90. The minimum absolute atomic E-state index is 0.0399. The van der Waals surface area contributed by atoms with Crippen LogP contribution in [0.4, 0.5) is 0 Å². The molecule has 2 unspecified atom stereocenters. The molecular weight excluding hydrogens is 140 g/mol. The van der Waals surface area contributed by atoms with Gasteiger partial charge in [-0.2, -0.15) is 0 Å². The van der Waals surface area contributed by atoms with Crippen LogP contribution in [-0.2, 0) is 9.47 Å². The highest BCUT2D eigenvalue weighted by molar-refractivity contribution is 5.12. The van der Waals surface area contributed by atoms with Crippen molar-refractivity contribution in [2.24, 2.45) is 0 Å². The number of rotatable bonds is 0. The molecule has 2 bridgehead atoms. The van der Waals surface area contributed by atoms with Crippen molar-refractivity contribution in [3.63, 3.8) is 0 Å². The summed E-state index contributed by atoms with van der Waals surface area (Å²) in [4.78, 5) is 0. The third kappa shape index (κ3) is 1.33. The highest BCUT2D eigenvalue weighted by Crippen LogP contribution is 2.31. The molecule has 0 saturated carbocycles. The Morgan fingerprint density at radius 1 is 1.64 bits per heavy atom. The van der Waals surface area contributed by atoms with Crippen LogP contribution in [-0.4, -0.2) is 24.9 Å². The minimum Gasteiger partial charge on any atom is -0.375 e. The first-order valence-electron chi connectivity index (χ1n) is 4.11. The maximum absolute atomic E-state index is 5.78. The molecular formula is C9H14O2. The smallest absolute Gasteiger partial charge is 0.100 e. The molecule has 0 N–H and O–H groups in total. The molecule has 1 fully saturated rings. The molecule has 2 heteroatoms.